The van der Waals surface area contributed by atoms with Crippen LogP contribution in [0.4, 0.5) is 0 Å². The molecule has 1 aliphatic heterocycles. The molecule has 9 heteroatoms. The molecule has 2 rings (SSSR count). The molecule has 1 aromatic heterocycles. The van der Waals surface area contributed by atoms with Gasteiger partial charge >= 0.3 is 5.97 Å². The van der Waals surface area contributed by atoms with Gasteiger partial charge < -0.3 is 10.1 Å². The van der Waals surface area contributed by atoms with Crippen LogP contribution in [0.5, 0.6) is 0 Å². The average molecular weight is 332 g/mol. The number of carbonyl (C=O) groups excluding carboxylic acids is 2. The summed E-state index contributed by atoms with van der Waals surface area (Å²) < 4.78 is 27.4. The second kappa shape index (κ2) is 6.52. The Morgan fingerprint density at radius 1 is 1.43 bits per heavy atom. The summed E-state index contributed by atoms with van der Waals surface area (Å²) in [6.45, 7) is 1.94. The van der Waals surface area contributed by atoms with Gasteiger partial charge in [-0.25, -0.2) is 18.2 Å². The number of nitrogens with zero attached hydrogens (tertiary/aromatic N) is 1. The van der Waals surface area contributed by atoms with Gasteiger partial charge in [0.15, 0.2) is 0 Å². The molecular formula is C12H16N2O5S2. The second-order valence-corrected chi connectivity index (χ2v) is 7.82. The minimum atomic E-state index is -2.96. The molecule has 116 valence electrons. The van der Waals surface area contributed by atoms with Gasteiger partial charge in [-0.2, -0.15) is 0 Å². The average Bonchev–Trinajstić information content (AvgIpc) is 2.91. The van der Waals surface area contributed by atoms with Gasteiger partial charge in [0.1, 0.15) is 15.5 Å². The molecule has 0 aliphatic carbocycles. The Balaban J connectivity index is 1.94. The zero-order valence-corrected chi connectivity index (χ0v) is 13.1. The fraction of sp³-hybridized carbons (Fsp3) is 0.583. The monoisotopic (exact) mass is 332 g/mol. The van der Waals surface area contributed by atoms with E-state index in [0.29, 0.717) is 12.8 Å². The van der Waals surface area contributed by atoms with Crippen molar-refractivity contribution >= 4 is 33.1 Å². The van der Waals surface area contributed by atoms with E-state index in [4.69, 9.17) is 4.74 Å². The molecule has 21 heavy (non-hydrogen) atoms. The third kappa shape index (κ3) is 4.24. The maximum absolute atomic E-state index is 12.0. The first kappa shape index (κ1) is 15.9. The van der Waals surface area contributed by atoms with E-state index in [1.807, 2.05) is 0 Å². The lowest BCUT2D eigenvalue weighted by Crippen LogP contribution is -2.41. The van der Waals surface area contributed by atoms with Gasteiger partial charge in [0.25, 0.3) is 5.91 Å². The number of thiazole rings is 1. The minimum Gasteiger partial charge on any atom is -0.461 e. The molecule has 0 aromatic carbocycles. The molecule has 1 fully saturated rings. The fourth-order valence-electron chi connectivity index (χ4n) is 1.96. The van der Waals surface area contributed by atoms with E-state index >= 15 is 0 Å². The summed E-state index contributed by atoms with van der Waals surface area (Å²) in [6, 6.07) is -0.172. The van der Waals surface area contributed by atoms with Crippen molar-refractivity contribution in [2.45, 2.75) is 25.8 Å². The molecule has 0 spiro atoms. The molecule has 1 saturated heterocycles. The highest BCUT2D eigenvalue weighted by Crippen LogP contribution is 2.15. The van der Waals surface area contributed by atoms with Crippen LogP contribution in [0, 0.1) is 0 Å². The summed E-state index contributed by atoms with van der Waals surface area (Å²) in [6.07, 6.45) is 0.811. The lowest BCUT2D eigenvalue weighted by atomic mass is 10.1. The van der Waals surface area contributed by atoms with Crippen LogP contribution in [-0.4, -0.2) is 49.4 Å². The van der Waals surface area contributed by atoms with E-state index in [1.165, 1.54) is 5.38 Å². The fourth-order valence-corrected chi connectivity index (χ4v) is 4.14. The highest BCUT2D eigenvalue weighted by Gasteiger charge is 2.26. The molecule has 1 N–H and O–H groups in total. The predicted octanol–water partition coefficient (Wildman–Crippen LogP) is 0.627. The highest BCUT2D eigenvalue weighted by molar-refractivity contribution is 7.91. The number of aromatic nitrogens is 1. The van der Waals surface area contributed by atoms with Gasteiger partial charge in [-0.1, -0.05) is 0 Å². The van der Waals surface area contributed by atoms with Crippen molar-refractivity contribution in [2.75, 3.05) is 18.1 Å². The molecular weight excluding hydrogens is 316 g/mol. The van der Waals surface area contributed by atoms with Crippen LogP contribution >= 0.6 is 11.3 Å². The van der Waals surface area contributed by atoms with Gasteiger partial charge in [-0.05, 0) is 19.8 Å². The first-order valence-electron chi connectivity index (χ1n) is 6.55. The van der Waals surface area contributed by atoms with Gasteiger partial charge in [0.2, 0.25) is 5.01 Å². The number of hydrogen-bond acceptors (Lipinski definition) is 7. The smallest absolute Gasteiger partial charge is 0.367 e. The molecule has 1 aliphatic rings. The number of hydrogen-bond donors (Lipinski definition) is 1. The van der Waals surface area contributed by atoms with Crippen LogP contribution in [0.15, 0.2) is 5.38 Å². The minimum absolute atomic E-state index is 0.0864. The maximum Gasteiger partial charge on any atom is 0.367 e. The first-order chi connectivity index (χ1) is 9.91. The Labute approximate surface area is 126 Å². The predicted molar refractivity (Wildman–Crippen MR) is 77.2 cm³/mol. The number of esters is 1. The van der Waals surface area contributed by atoms with E-state index in [2.05, 4.69) is 10.3 Å². The van der Waals surface area contributed by atoms with E-state index < -0.39 is 21.7 Å². The molecule has 7 nitrogen and oxygen atoms in total. The van der Waals surface area contributed by atoms with Crippen molar-refractivity contribution in [3.8, 4) is 0 Å². The summed E-state index contributed by atoms with van der Waals surface area (Å²) in [5, 5.41) is 4.37. The summed E-state index contributed by atoms with van der Waals surface area (Å²) in [7, 11) is -2.96. The van der Waals surface area contributed by atoms with Gasteiger partial charge in [0, 0.05) is 11.4 Å². The molecule has 1 aromatic rings. The lowest BCUT2D eigenvalue weighted by molar-refractivity contribution is 0.0526. The molecule has 0 bridgehead atoms. The van der Waals surface area contributed by atoms with E-state index in [-0.39, 0.29) is 34.9 Å². The SMILES string of the molecule is CCOC(=O)c1nc(C(=O)NC2CCS(=O)(=O)CC2)cs1. The molecule has 0 radical (unpaired) electrons. The summed E-state index contributed by atoms with van der Waals surface area (Å²) in [4.78, 5) is 27.4. The van der Waals surface area contributed by atoms with Crippen LogP contribution in [0.25, 0.3) is 0 Å². The number of ether oxygens (including phenoxy) is 1. The lowest BCUT2D eigenvalue weighted by Gasteiger charge is -2.22. The Morgan fingerprint density at radius 2 is 2.10 bits per heavy atom. The number of sulfone groups is 1. The van der Waals surface area contributed by atoms with Crippen molar-refractivity contribution in [3.63, 3.8) is 0 Å². The Morgan fingerprint density at radius 3 is 2.71 bits per heavy atom. The van der Waals surface area contributed by atoms with Gasteiger partial charge in [-0.15, -0.1) is 11.3 Å². The standard InChI is InChI=1S/C12H16N2O5S2/c1-2-19-12(16)11-14-9(7-20-11)10(15)13-8-3-5-21(17,18)6-4-8/h7-8H,2-6H2,1H3,(H,13,15). The Kier molecular flexibility index (Phi) is 4.94. The highest BCUT2D eigenvalue weighted by atomic mass is 32.2. The number of nitrogens with one attached hydrogen (secondary N) is 1. The Bertz CT molecular complexity index is 624. The molecule has 0 unspecified atom stereocenters. The van der Waals surface area contributed by atoms with E-state index in [0.717, 1.165) is 11.3 Å². The zero-order valence-electron chi connectivity index (χ0n) is 11.5. The quantitative estimate of drug-likeness (QED) is 0.811. The van der Waals surface area contributed by atoms with Crippen LogP contribution in [0.3, 0.4) is 0 Å². The maximum atomic E-state index is 12.0. The van der Waals surface area contributed by atoms with Gasteiger partial charge in [0.05, 0.1) is 18.1 Å². The zero-order chi connectivity index (χ0) is 15.5. The number of carbonyl (C=O) groups is 2. The summed E-state index contributed by atoms with van der Waals surface area (Å²) in [5.74, 6) is -0.775. The van der Waals surface area contributed by atoms with Crippen molar-refractivity contribution in [1.29, 1.82) is 0 Å². The van der Waals surface area contributed by atoms with Crippen LogP contribution in [-0.2, 0) is 14.6 Å². The molecule has 0 atom stereocenters. The normalized spacial score (nSPS) is 18.1. The molecule has 1 amide bonds. The van der Waals surface area contributed by atoms with E-state index in [9.17, 15) is 18.0 Å². The molecule has 0 saturated carbocycles. The topological polar surface area (TPSA) is 102 Å². The third-order valence-corrected chi connectivity index (χ3v) is 5.61. The van der Waals surface area contributed by atoms with Crippen LogP contribution in [0.1, 0.15) is 40.1 Å². The van der Waals surface area contributed by atoms with Crippen LogP contribution < -0.4 is 5.32 Å². The number of amides is 1. The summed E-state index contributed by atoms with van der Waals surface area (Å²) >= 11 is 1.05. The van der Waals surface area contributed by atoms with Crippen LogP contribution in [0.2, 0.25) is 0 Å². The Hall–Kier alpha value is -1.48. The summed E-state index contributed by atoms with van der Waals surface area (Å²) in [5.41, 5.74) is 0.150. The first-order valence-corrected chi connectivity index (χ1v) is 9.25. The van der Waals surface area contributed by atoms with E-state index in [1.54, 1.807) is 6.92 Å². The van der Waals surface area contributed by atoms with Crippen molar-refractivity contribution in [3.05, 3.63) is 16.1 Å². The second-order valence-electron chi connectivity index (χ2n) is 4.66. The van der Waals surface area contributed by atoms with Crippen molar-refractivity contribution < 1.29 is 22.7 Å². The third-order valence-electron chi connectivity index (χ3n) is 3.08. The van der Waals surface area contributed by atoms with Gasteiger partial charge in [-0.3, -0.25) is 4.79 Å². The number of rotatable bonds is 4. The largest absolute Gasteiger partial charge is 0.461 e. The van der Waals surface area contributed by atoms with Crippen molar-refractivity contribution in [2.24, 2.45) is 0 Å². The molecule has 2 heterocycles. The van der Waals surface area contributed by atoms with Crippen molar-refractivity contribution in [1.82, 2.24) is 10.3 Å².